The third kappa shape index (κ3) is 4.52. The molecule has 12 heavy (non-hydrogen) atoms. The van der Waals surface area contributed by atoms with E-state index in [9.17, 15) is 0 Å². The summed E-state index contributed by atoms with van der Waals surface area (Å²) in [6.07, 6.45) is 1.86. The van der Waals surface area contributed by atoms with Crippen molar-refractivity contribution in [2.45, 2.75) is 33.6 Å². The molecule has 0 aromatic rings. The quantitative estimate of drug-likeness (QED) is 0.620. The molecule has 0 aliphatic heterocycles. The summed E-state index contributed by atoms with van der Waals surface area (Å²) in [5.41, 5.74) is 2.30. The van der Waals surface area contributed by atoms with Gasteiger partial charge in [0.1, 0.15) is 0 Å². The highest BCUT2D eigenvalue weighted by Crippen LogP contribution is 2.14. The summed E-state index contributed by atoms with van der Waals surface area (Å²) < 4.78 is 0. The van der Waals surface area contributed by atoms with Gasteiger partial charge in [-0.2, -0.15) is 0 Å². The van der Waals surface area contributed by atoms with Gasteiger partial charge in [0.2, 0.25) is 0 Å². The molecule has 0 aliphatic carbocycles. The SMILES string of the molecule is CC(C)=C(CO)CCC(C)CO. The Balaban J connectivity index is 3.82. The molecule has 72 valence electrons. The van der Waals surface area contributed by atoms with Gasteiger partial charge in [-0.25, -0.2) is 0 Å². The minimum absolute atomic E-state index is 0.153. The van der Waals surface area contributed by atoms with Crippen molar-refractivity contribution in [3.63, 3.8) is 0 Å². The second-order valence-electron chi connectivity index (χ2n) is 3.59. The third-order valence-corrected chi connectivity index (χ3v) is 2.15. The molecule has 0 aromatic heterocycles. The maximum Gasteiger partial charge on any atom is 0.0644 e. The number of rotatable bonds is 5. The van der Waals surface area contributed by atoms with E-state index in [0.717, 1.165) is 18.4 Å². The van der Waals surface area contributed by atoms with Gasteiger partial charge < -0.3 is 10.2 Å². The van der Waals surface area contributed by atoms with Crippen LogP contribution in [0.4, 0.5) is 0 Å². The van der Waals surface area contributed by atoms with Crippen LogP contribution < -0.4 is 0 Å². The molecule has 1 unspecified atom stereocenters. The summed E-state index contributed by atoms with van der Waals surface area (Å²) in [4.78, 5) is 0. The molecule has 2 nitrogen and oxygen atoms in total. The highest BCUT2D eigenvalue weighted by molar-refractivity contribution is 5.09. The van der Waals surface area contributed by atoms with Crippen LogP contribution in [0.25, 0.3) is 0 Å². The number of allylic oxidation sites excluding steroid dienone is 1. The predicted molar refractivity (Wildman–Crippen MR) is 50.9 cm³/mol. The molecule has 2 heteroatoms. The van der Waals surface area contributed by atoms with Gasteiger partial charge >= 0.3 is 0 Å². The zero-order valence-corrected chi connectivity index (χ0v) is 8.30. The molecular formula is C10H20O2. The van der Waals surface area contributed by atoms with Crippen molar-refractivity contribution in [3.8, 4) is 0 Å². The van der Waals surface area contributed by atoms with E-state index in [2.05, 4.69) is 0 Å². The summed E-state index contributed by atoms with van der Waals surface area (Å²) in [7, 11) is 0. The van der Waals surface area contributed by atoms with Gasteiger partial charge in [0.25, 0.3) is 0 Å². The fourth-order valence-corrected chi connectivity index (χ4v) is 0.999. The monoisotopic (exact) mass is 172 g/mol. The third-order valence-electron chi connectivity index (χ3n) is 2.15. The first-order valence-electron chi connectivity index (χ1n) is 4.48. The molecule has 0 saturated carbocycles. The lowest BCUT2D eigenvalue weighted by molar-refractivity contribution is 0.228. The summed E-state index contributed by atoms with van der Waals surface area (Å²) in [5.74, 6) is 0.339. The Kier molecular flexibility index (Phi) is 6.03. The minimum atomic E-state index is 0.153. The fourth-order valence-electron chi connectivity index (χ4n) is 0.999. The molecule has 0 fully saturated rings. The molecule has 0 aliphatic rings. The van der Waals surface area contributed by atoms with Crippen LogP contribution in [0.1, 0.15) is 33.6 Å². The van der Waals surface area contributed by atoms with E-state index in [1.165, 1.54) is 5.57 Å². The maximum atomic E-state index is 8.96. The lowest BCUT2D eigenvalue weighted by Gasteiger charge is -2.10. The van der Waals surface area contributed by atoms with E-state index < -0.39 is 0 Å². The highest BCUT2D eigenvalue weighted by Gasteiger charge is 2.03. The van der Waals surface area contributed by atoms with E-state index in [4.69, 9.17) is 10.2 Å². The molecule has 0 spiro atoms. The van der Waals surface area contributed by atoms with Crippen molar-refractivity contribution in [1.82, 2.24) is 0 Å². The Labute approximate surface area is 74.9 Å². The topological polar surface area (TPSA) is 40.5 Å². The van der Waals surface area contributed by atoms with Crippen LogP contribution >= 0.6 is 0 Å². The average Bonchev–Trinajstić information content (AvgIpc) is 2.04. The van der Waals surface area contributed by atoms with E-state index in [-0.39, 0.29) is 13.2 Å². The zero-order valence-electron chi connectivity index (χ0n) is 8.30. The number of hydrogen-bond acceptors (Lipinski definition) is 2. The van der Waals surface area contributed by atoms with E-state index >= 15 is 0 Å². The van der Waals surface area contributed by atoms with Crippen LogP contribution in [0.5, 0.6) is 0 Å². The molecule has 0 rings (SSSR count). The second kappa shape index (κ2) is 6.21. The Morgan fingerprint density at radius 2 is 1.83 bits per heavy atom. The minimum Gasteiger partial charge on any atom is -0.396 e. The van der Waals surface area contributed by atoms with Gasteiger partial charge in [0.15, 0.2) is 0 Å². The van der Waals surface area contributed by atoms with Gasteiger partial charge in [-0.15, -0.1) is 0 Å². The summed E-state index contributed by atoms with van der Waals surface area (Å²) >= 11 is 0. The van der Waals surface area contributed by atoms with Crippen LogP contribution in [0.15, 0.2) is 11.1 Å². The lowest BCUT2D eigenvalue weighted by atomic mass is 10.00. The first-order valence-corrected chi connectivity index (χ1v) is 4.48. The van der Waals surface area contributed by atoms with E-state index in [1.807, 2.05) is 20.8 Å². The first kappa shape index (κ1) is 11.7. The largest absolute Gasteiger partial charge is 0.396 e. The molecule has 0 aromatic carbocycles. The van der Waals surface area contributed by atoms with Crippen molar-refractivity contribution in [2.24, 2.45) is 5.92 Å². The summed E-state index contributed by atoms with van der Waals surface area (Å²) in [6, 6.07) is 0. The van der Waals surface area contributed by atoms with Gasteiger partial charge in [-0.1, -0.05) is 12.5 Å². The normalized spacial score (nSPS) is 12.8. The number of hydrogen-bond donors (Lipinski definition) is 2. The highest BCUT2D eigenvalue weighted by atomic mass is 16.3. The van der Waals surface area contributed by atoms with E-state index in [1.54, 1.807) is 0 Å². The molecule has 0 bridgehead atoms. The van der Waals surface area contributed by atoms with Crippen molar-refractivity contribution in [2.75, 3.05) is 13.2 Å². The van der Waals surface area contributed by atoms with E-state index in [0.29, 0.717) is 5.92 Å². The maximum absolute atomic E-state index is 8.96. The molecular weight excluding hydrogens is 152 g/mol. The molecule has 0 radical (unpaired) electrons. The van der Waals surface area contributed by atoms with Crippen molar-refractivity contribution in [3.05, 3.63) is 11.1 Å². The van der Waals surface area contributed by atoms with Crippen molar-refractivity contribution in [1.29, 1.82) is 0 Å². The Morgan fingerprint density at radius 3 is 2.17 bits per heavy atom. The van der Waals surface area contributed by atoms with Crippen LogP contribution in [0, 0.1) is 5.92 Å². The zero-order chi connectivity index (χ0) is 9.56. The number of aliphatic hydroxyl groups is 2. The van der Waals surface area contributed by atoms with Crippen molar-refractivity contribution >= 4 is 0 Å². The summed E-state index contributed by atoms with van der Waals surface area (Å²) in [5, 5.41) is 17.7. The van der Waals surface area contributed by atoms with Crippen LogP contribution in [-0.4, -0.2) is 23.4 Å². The molecule has 1 atom stereocenters. The Bertz CT molecular complexity index is 146. The molecule has 2 N–H and O–H groups in total. The lowest BCUT2D eigenvalue weighted by Crippen LogP contribution is -2.03. The molecule has 0 heterocycles. The second-order valence-corrected chi connectivity index (χ2v) is 3.59. The average molecular weight is 172 g/mol. The van der Waals surface area contributed by atoms with Crippen molar-refractivity contribution < 1.29 is 10.2 Å². The smallest absolute Gasteiger partial charge is 0.0644 e. The van der Waals surface area contributed by atoms with Gasteiger partial charge in [0.05, 0.1) is 6.61 Å². The Hall–Kier alpha value is -0.340. The summed E-state index contributed by atoms with van der Waals surface area (Å²) in [6.45, 7) is 6.42. The van der Waals surface area contributed by atoms with Gasteiger partial charge in [0, 0.05) is 6.61 Å². The molecule has 0 amide bonds. The van der Waals surface area contributed by atoms with Crippen LogP contribution in [-0.2, 0) is 0 Å². The molecule has 0 saturated heterocycles. The predicted octanol–water partition coefficient (Wildman–Crippen LogP) is 1.72. The van der Waals surface area contributed by atoms with Gasteiger partial charge in [-0.05, 0) is 38.2 Å². The van der Waals surface area contributed by atoms with Gasteiger partial charge in [-0.3, -0.25) is 0 Å². The first-order chi connectivity index (χ1) is 5.61. The Morgan fingerprint density at radius 1 is 1.25 bits per heavy atom. The van der Waals surface area contributed by atoms with Crippen LogP contribution in [0.2, 0.25) is 0 Å². The van der Waals surface area contributed by atoms with Crippen LogP contribution in [0.3, 0.4) is 0 Å². The fraction of sp³-hybridized carbons (Fsp3) is 0.800. The standard InChI is InChI=1S/C10H20O2/c1-8(2)10(7-12)5-4-9(3)6-11/h9,11-12H,4-7H2,1-3H3. The number of aliphatic hydroxyl groups excluding tert-OH is 2.